The highest BCUT2D eigenvalue weighted by Crippen LogP contribution is 2.39. The fraction of sp³-hybridized carbons (Fsp3) is 0.0588. The molecule has 178 valence electrons. The van der Waals surface area contributed by atoms with Gasteiger partial charge in [-0.15, -0.1) is 6.58 Å². The molecule has 0 fully saturated rings. The van der Waals surface area contributed by atoms with Gasteiger partial charge in [0.1, 0.15) is 0 Å². The minimum Gasteiger partial charge on any atom is -0.310 e. The molecule has 0 saturated carbocycles. The molecule has 0 N–H and O–H groups in total. The zero-order chi connectivity index (χ0) is 25.3. The monoisotopic (exact) mass is 468 g/mol. The molecule has 5 aromatic rings. The largest absolute Gasteiger partial charge is 0.310 e. The summed E-state index contributed by atoms with van der Waals surface area (Å²) in [5.41, 5.74) is 7.93. The number of fused-ring (bicyclic) bond motifs is 1. The minimum atomic E-state index is 1.11. The van der Waals surface area contributed by atoms with Crippen LogP contribution in [0.25, 0.3) is 28.7 Å². The van der Waals surface area contributed by atoms with Crippen LogP contribution in [0.3, 0.4) is 0 Å². The molecule has 0 aliphatic heterocycles. The van der Waals surface area contributed by atoms with Gasteiger partial charge in [0.05, 0.1) is 11.2 Å². The maximum absolute atomic E-state index is 4.16. The highest BCUT2D eigenvalue weighted by molar-refractivity contribution is 5.98. The van der Waals surface area contributed by atoms with E-state index in [1.165, 1.54) is 5.39 Å². The van der Waals surface area contributed by atoms with Crippen LogP contribution in [-0.4, -0.2) is 4.57 Å². The van der Waals surface area contributed by atoms with Gasteiger partial charge in [-0.05, 0) is 74.5 Å². The van der Waals surface area contributed by atoms with Gasteiger partial charge in [-0.1, -0.05) is 79.4 Å². The lowest BCUT2D eigenvalue weighted by molar-refractivity contribution is 1.10. The molecule has 0 saturated heterocycles. The number of para-hydroxylation sites is 3. The number of hydrogen-bond donors (Lipinski definition) is 0. The molecule has 4 aromatic carbocycles. The number of benzene rings is 4. The Kier molecular flexibility index (Phi) is 8.00. The lowest BCUT2D eigenvalue weighted by atomic mass is 10.1. The third-order valence-corrected chi connectivity index (χ3v) is 5.86. The Labute approximate surface area is 214 Å². The summed E-state index contributed by atoms with van der Waals surface area (Å²) in [5, 5.41) is 1.18. The van der Waals surface area contributed by atoms with Gasteiger partial charge in [-0.3, -0.25) is 0 Å². The van der Waals surface area contributed by atoms with Crippen molar-refractivity contribution in [3.63, 3.8) is 0 Å². The molecule has 1 aromatic heterocycles. The number of hydrogen-bond acceptors (Lipinski definition) is 1. The van der Waals surface area contributed by atoms with Crippen LogP contribution in [0.5, 0.6) is 0 Å². The Hall–Kier alpha value is -4.56. The van der Waals surface area contributed by atoms with Crippen LogP contribution in [0.1, 0.15) is 25.1 Å². The van der Waals surface area contributed by atoms with E-state index in [-0.39, 0.29) is 0 Å². The van der Waals surface area contributed by atoms with Crippen molar-refractivity contribution in [2.45, 2.75) is 13.8 Å². The highest BCUT2D eigenvalue weighted by Gasteiger charge is 2.18. The quantitative estimate of drug-likeness (QED) is 0.225. The molecule has 0 atom stereocenters. The standard InChI is InChI=1S/C31H26N2.C3H6/c1-3-14-30-28(4-2)29-23-27(21-22-31(29)33(30)26-19-12-7-13-20-26)32(24-15-8-5-9-16-24)25-17-10-6-11-18-25;1-3-2/h3-23H,2H2,1H3;3H,1H2,2H3/b14-3-;. The highest BCUT2D eigenvalue weighted by atomic mass is 15.1. The van der Waals surface area contributed by atoms with Crippen LogP contribution in [0.15, 0.2) is 135 Å². The molecule has 0 aliphatic carbocycles. The maximum Gasteiger partial charge on any atom is 0.0542 e. The molecule has 2 nitrogen and oxygen atoms in total. The fourth-order valence-corrected chi connectivity index (χ4v) is 4.46. The topological polar surface area (TPSA) is 8.17 Å². The number of nitrogens with zero attached hydrogens (tertiary/aromatic N) is 2. The first-order valence-electron chi connectivity index (χ1n) is 12.2. The lowest BCUT2D eigenvalue weighted by Crippen LogP contribution is -2.09. The first-order valence-corrected chi connectivity index (χ1v) is 12.2. The molecule has 1 heterocycles. The second-order valence-corrected chi connectivity index (χ2v) is 8.29. The van der Waals surface area contributed by atoms with Crippen LogP contribution in [0.4, 0.5) is 17.1 Å². The van der Waals surface area contributed by atoms with E-state index in [1.54, 1.807) is 6.08 Å². The van der Waals surface area contributed by atoms with Crippen molar-refractivity contribution in [2.24, 2.45) is 0 Å². The van der Waals surface area contributed by atoms with E-state index in [9.17, 15) is 0 Å². The Morgan fingerprint density at radius 2 is 1.19 bits per heavy atom. The van der Waals surface area contributed by atoms with Crippen molar-refractivity contribution >= 4 is 40.1 Å². The molecule has 0 aliphatic rings. The predicted molar refractivity (Wildman–Crippen MR) is 159 cm³/mol. The second-order valence-electron chi connectivity index (χ2n) is 8.29. The maximum atomic E-state index is 4.16. The molecule has 0 bridgehead atoms. The summed E-state index contributed by atoms with van der Waals surface area (Å²) in [6, 6.07) is 38.2. The van der Waals surface area contributed by atoms with Gasteiger partial charge in [0.2, 0.25) is 0 Å². The van der Waals surface area contributed by atoms with E-state index in [1.807, 2.05) is 13.0 Å². The Morgan fingerprint density at radius 3 is 1.69 bits per heavy atom. The van der Waals surface area contributed by atoms with E-state index in [2.05, 4.69) is 151 Å². The Morgan fingerprint density at radius 1 is 0.667 bits per heavy atom. The van der Waals surface area contributed by atoms with Crippen molar-refractivity contribution in [3.8, 4) is 5.69 Å². The van der Waals surface area contributed by atoms with Gasteiger partial charge in [0.15, 0.2) is 0 Å². The predicted octanol–water partition coefficient (Wildman–Crippen LogP) is 9.97. The first kappa shape index (κ1) is 24.6. The molecular formula is C34H32N2. The summed E-state index contributed by atoms with van der Waals surface area (Å²) in [5.74, 6) is 0. The van der Waals surface area contributed by atoms with Gasteiger partial charge >= 0.3 is 0 Å². The molecule has 0 spiro atoms. The summed E-state index contributed by atoms with van der Waals surface area (Å²) in [6.07, 6.45) is 7.97. The van der Waals surface area contributed by atoms with Gasteiger partial charge in [0, 0.05) is 33.7 Å². The first-order chi connectivity index (χ1) is 17.7. The molecule has 0 amide bonds. The van der Waals surface area contributed by atoms with E-state index in [4.69, 9.17) is 0 Å². The molecule has 2 heteroatoms. The number of allylic oxidation sites excluding steroid dienone is 2. The number of anilines is 3. The fourth-order valence-electron chi connectivity index (χ4n) is 4.46. The molecule has 0 unspecified atom stereocenters. The molecule has 5 rings (SSSR count). The number of rotatable bonds is 6. The average Bonchev–Trinajstić information content (AvgIpc) is 3.23. The third kappa shape index (κ3) is 4.94. The molecule has 0 radical (unpaired) electrons. The van der Waals surface area contributed by atoms with E-state index in [0.717, 1.165) is 39.5 Å². The van der Waals surface area contributed by atoms with Gasteiger partial charge in [-0.25, -0.2) is 0 Å². The van der Waals surface area contributed by atoms with Crippen LogP contribution < -0.4 is 4.90 Å². The molecular weight excluding hydrogens is 436 g/mol. The number of aromatic nitrogens is 1. The summed E-state index contributed by atoms with van der Waals surface area (Å²) < 4.78 is 2.31. The van der Waals surface area contributed by atoms with Crippen molar-refractivity contribution in [1.29, 1.82) is 0 Å². The summed E-state index contributed by atoms with van der Waals surface area (Å²) in [6.45, 7) is 11.5. The summed E-state index contributed by atoms with van der Waals surface area (Å²) >= 11 is 0. The van der Waals surface area contributed by atoms with E-state index < -0.39 is 0 Å². The summed E-state index contributed by atoms with van der Waals surface area (Å²) in [7, 11) is 0. The van der Waals surface area contributed by atoms with Gasteiger partial charge in [-0.2, -0.15) is 0 Å². The summed E-state index contributed by atoms with van der Waals surface area (Å²) in [4.78, 5) is 2.29. The zero-order valence-electron chi connectivity index (χ0n) is 21.0. The van der Waals surface area contributed by atoms with Gasteiger partial charge in [0.25, 0.3) is 0 Å². The van der Waals surface area contributed by atoms with Gasteiger partial charge < -0.3 is 9.47 Å². The third-order valence-electron chi connectivity index (χ3n) is 5.86. The van der Waals surface area contributed by atoms with Crippen LogP contribution in [0.2, 0.25) is 0 Å². The Bertz CT molecular complexity index is 1420. The smallest absolute Gasteiger partial charge is 0.0542 e. The normalized spacial score (nSPS) is 10.6. The average molecular weight is 469 g/mol. The Balaban J connectivity index is 0.000000967. The zero-order valence-corrected chi connectivity index (χ0v) is 21.0. The van der Waals surface area contributed by atoms with Crippen LogP contribution in [0, 0.1) is 0 Å². The SMILES string of the molecule is C=CC.C=Cc1c(/C=C\C)n(-c2ccccc2)c2ccc(N(c3ccccc3)c3ccccc3)cc12. The van der Waals surface area contributed by atoms with Crippen molar-refractivity contribution in [1.82, 2.24) is 4.57 Å². The lowest BCUT2D eigenvalue weighted by Gasteiger charge is -2.25. The van der Waals surface area contributed by atoms with Crippen LogP contribution >= 0.6 is 0 Å². The van der Waals surface area contributed by atoms with Crippen molar-refractivity contribution in [2.75, 3.05) is 4.90 Å². The molecule has 36 heavy (non-hydrogen) atoms. The second kappa shape index (κ2) is 11.7. The van der Waals surface area contributed by atoms with Crippen molar-refractivity contribution < 1.29 is 0 Å². The van der Waals surface area contributed by atoms with E-state index >= 15 is 0 Å². The van der Waals surface area contributed by atoms with E-state index in [0.29, 0.717) is 0 Å². The van der Waals surface area contributed by atoms with Crippen LogP contribution in [-0.2, 0) is 0 Å². The minimum absolute atomic E-state index is 1.11. The van der Waals surface area contributed by atoms with Crippen molar-refractivity contribution in [3.05, 3.63) is 146 Å².